The molecule has 0 unspecified atom stereocenters. The topological polar surface area (TPSA) is 15.3 Å². The number of alkyl halides is 3. The molecule has 1 N–H and O–H groups in total. The van der Waals surface area contributed by atoms with E-state index in [2.05, 4.69) is 40.0 Å². The van der Waals surface area contributed by atoms with Crippen LogP contribution in [0, 0.1) is 0 Å². The Labute approximate surface area is 119 Å². The number of hydrogen-bond donors (Lipinski definition) is 1. The smallest absolute Gasteiger partial charge is 0.363 e. The Morgan fingerprint density at radius 2 is 2.00 bits per heavy atom. The summed E-state index contributed by atoms with van der Waals surface area (Å²) in [6.07, 6.45) is -4.31. The summed E-state index contributed by atoms with van der Waals surface area (Å²) >= 11 is 3.26. The lowest BCUT2D eigenvalue weighted by Crippen LogP contribution is -2.58. The predicted octanol–water partition coefficient (Wildman–Crippen LogP) is 3.66. The molecule has 19 heavy (non-hydrogen) atoms. The molecule has 1 aromatic rings. The number of benzene rings is 1. The minimum absolute atomic E-state index is 0.124. The number of nitrogens with one attached hydrogen (secondary N) is 1. The van der Waals surface area contributed by atoms with Gasteiger partial charge in [0.25, 0.3) is 0 Å². The fourth-order valence-corrected chi connectivity index (χ4v) is 2.92. The molecule has 6 heteroatoms. The monoisotopic (exact) mass is 336 g/mol. The highest BCUT2D eigenvalue weighted by Crippen LogP contribution is 2.37. The van der Waals surface area contributed by atoms with Crippen molar-refractivity contribution in [1.82, 2.24) is 5.32 Å². The molecule has 0 atom stereocenters. The van der Waals surface area contributed by atoms with Gasteiger partial charge in [-0.3, -0.25) is 0 Å². The SMILES string of the molecule is CC1(C)CNCCN1c1ccc(C(F)(F)F)cc1Br. The summed E-state index contributed by atoms with van der Waals surface area (Å²) in [7, 11) is 0. The molecule has 106 valence electrons. The van der Waals surface area contributed by atoms with Crippen molar-refractivity contribution in [2.75, 3.05) is 24.5 Å². The van der Waals surface area contributed by atoms with Gasteiger partial charge >= 0.3 is 6.18 Å². The van der Waals surface area contributed by atoms with Crippen LogP contribution in [0.15, 0.2) is 22.7 Å². The van der Waals surface area contributed by atoms with Crippen molar-refractivity contribution in [3.8, 4) is 0 Å². The molecular formula is C13H16BrF3N2. The molecule has 2 nitrogen and oxygen atoms in total. The summed E-state index contributed by atoms with van der Waals surface area (Å²) in [4.78, 5) is 2.13. The minimum atomic E-state index is -4.31. The van der Waals surface area contributed by atoms with E-state index in [4.69, 9.17) is 0 Å². The van der Waals surface area contributed by atoms with E-state index in [1.807, 2.05) is 0 Å². The van der Waals surface area contributed by atoms with Gasteiger partial charge in [0.2, 0.25) is 0 Å². The van der Waals surface area contributed by atoms with E-state index in [-0.39, 0.29) is 5.54 Å². The highest BCUT2D eigenvalue weighted by atomic mass is 79.9. The normalized spacial score (nSPS) is 19.6. The minimum Gasteiger partial charge on any atom is -0.363 e. The third-order valence-electron chi connectivity index (χ3n) is 3.37. The number of piperazine rings is 1. The Morgan fingerprint density at radius 3 is 2.53 bits per heavy atom. The van der Waals surface area contributed by atoms with E-state index in [1.54, 1.807) is 6.07 Å². The van der Waals surface area contributed by atoms with E-state index in [0.29, 0.717) is 4.47 Å². The first-order valence-corrected chi connectivity index (χ1v) is 6.86. The Kier molecular flexibility index (Phi) is 3.84. The van der Waals surface area contributed by atoms with Crippen LogP contribution in [0.1, 0.15) is 19.4 Å². The van der Waals surface area contributed by atoms with Crippen molar-refractivity contribution in [3.05, 3.63) is 28.2 Å². The molecule has 1 aliphatic heterocycles. The van der Waals surface area contributed by atoms with Crippen LogP contribution in [0.5, 0.6) is 0 Å². The Morgan fingerprint density at radius 1 is 1.32 bits per heavy atom. The molecule has 1 aliphatic rings. The molecule has 0 saturated carbocycles. The van der Waals surface area contributed by atoms with Crippen LogP contribution in [0.25, 0.3) is 0 Å². The predicted molar refractivity (Wildman–Crippen MR) is 73.4 cm³/mol. The van der Waals surface area contributed by atoms with Gasteiger partial charge in [-0.05, 0) is 48.0 Å². The van der Waals surface area contributed by atoms with Gasteiger partial charge in [0.05, 0.1) is 11.3 Å². The van der Waals surface area contributed by atoms with E-state index < -0.39 is 11.7 Å². The van der Waals surface area contributed by atoms with Gasteiger partial charge in [-0.25, -0.2) is 0 Å². The number of anilines is 1. The fraction of sp³-hybridized carbons (Fsp3) is 0.538. The lowest BCUT2D eigenvalue weighted by Gasteiger charge is -2.45. The van der Waals surface area contributed by atoms with Gasteiger partial charge in [-0.2, -0.15) is 13.2 Å². The molecule has 1 fully saturated rings. The maximum Gasteiger partial charge on any atom is 0.416 e. The number of halogens is 4. The molecular weight excluding hydrogens is 321 g/mol. The third-order valence-corrected chi connectivity index (χ3v) is 4.00. The van der Waals surface area contributed by atoms with E-state index in [0.717, 1.165) is 37.5 Å². The molecule has 0 spiro atoms. The molecule has 1 heterocycles. The molecule has 0 aromatic heterocycles. The van der Waals surface area contributed by atoms with Crippen LogP contribution < -0.4 is 10.2 Å². The van der Waals surface area contributed by atoms with Crippen LogP contribution in [-0.2, 0) is 6.18 Å². The summed E-state index contributed by atoms with van der Waals surface area (Å²) in [5.41, 5.74) is 0.0520. The lowest BCUT2D eigenvalue weighted by atomic mass is 9.99. The molecule has 0 amide bonds. The maximum atomic E-state index is 12.6. The largest absolute Gasteiger partial charge is 0.416 e. The summed E-state index contributed by atoms with van der Waals surface area (Å²) < 4.78 is 38.4. The summed E-state index contributed by atoms with van der Waals surface area (Å²) in [6, 6.07) is 3.83. The standard InChI is InChI=1S/C13H16BrF3N2/c1-12(2)8-18-5-6-19(12)11-4-3-9(7-10(11)14)13(15,16)17/h3-4,7,18H,5-6,8H2,1-2H3. The first kappa shape index (κ1) is 14.7. The van der Waals surface area contributed by atoms with Crippen molar-refractivity contribution >= 4 is 21.6 Å². The molecule has 1 aromatic carbocycles. The average Bonchev–Trinajstić information content (AvgIpc) is 2.28. The second kappa shape index (κ2) is 4.98. The Bertz CT molecular complexity index is 471. The van der Waals surface area contributed by atoms with E-state index in [1.165, 1.54) is 0 Å². The summed E-state index contributed by atoms with van der Waals surface area (Å²) in [5, 5.41) is 3.29. The second-order valence-electron chi connectivity index (χ2n) is 5.30. The molecule has 0 aliphatic carbocycles. The van der Waals surface area contributed by atoms with Gasteiger partial charge in [0, 0.05) is 29.6 Å². The van der Waals surface area contributed by atoms with Crippen molar-refractivity contribution in [1.29, 1.82) is 0 Å². The van der Waals surface area contributed by atoms with Gasteiger partial charge in [-0.1, -0.05) is 0 Å². The van der Waals surface area contributed by atoms with E-state index in [9.17, 15) is 13.2 Å². The number of rotatable bonds is 1. The molecule has 0 bridgehead atoms. The first-order valence-electron chi connectivity index (χ1n) is 6.07. The summed E-state index contributed by atoms with van der Waals surface area (Å²) in [6.45, 7) is 6.56. The number of hydrogen-bond acceptors (Lipinski definition) is 2. The fourth-order valence-electron chi connectivity index (χ4n) is 2.33. The average molecular weight is 337 g/mol. The maximum absolute atomic E-state index is 12.6. The van der Waals surface area contributed by atoms with Crippen LogP contribution in [0.3, 0.4) is 0 Å². The third kappa shape index (κ3) is 3.05. The van der Waals surface area contributed by atoms with E-state index >= 15 is 0 Å². The first-order chi connectivity index (χ1) is 8.72. The number of nitrogens with zero attached hydrogens (tertiary/aromatic N) is 1. The zero-order valence-electron chi connectivity index (χ0n) is 10.8. The lowest BCUT2D eigenvalue weighted by molar-refractivity contribution is -0.137. The zero-order valence-corrected chi connectivity index (χ0v) is 12.4. The zero-order chi connectivity index (χ0) is 14.3. The van der Waals surface area contributed by atoms with Gasteiger partial charge in [0.15, 0.2) is 0 Å². The van der Waals surface area contributed by atoms with Crippen LogP contribution >= 0.6 is 15.9 Å². The van der Waals surface area contributed by atoms with Gasteiger partial charge in [0.1, 0.15) is 0 Å². The van der Waals surface area contributed by atoms with Crippen LogP contribution in [0.2, 0.25) is 0 Å². The highest BCUT2D eigenvalue weighted by Gasteiger charge is 2.34. The van der Waals surface area contributed by atoms with Crippen molar-refractivity contribution in [2.24, 2.45) is 0 Å². The van der Waals surface area contributed by atoms with Crippen LogP contribution in [0.4, 0.5) is 18.9 Å². The van der Waals surface area contributed by atoms with Crippen LogP contribution in [-0.4, -0.2) is 25.2 Å². The molecule has 2 rings (SSSR count). The van der Waals surface area contributed by atoms with Gasteiger partial charge in [-0.15, -0.1) is 0 Å². The summed E-state index contributed by atoms with van der Waals surface area (Å²) in [5.74, 6) is 0. The van der Waals surface area contributed by atoms with Crippen molar-refractivity contribution < 1.29 is 13.2 Å². The Hall–Kier alpha value is -0.750. The highest BCUT2D eigenvalue weighted by molar-refractivity contribution is 9.10. The second-order valence-corrected chi connectivity index (χ2v) is 6.16. The quantitative estimate of drug-likeness (QED) is 0.841. The van der Waals surface area contributed by atoms with Crippen molar-refractivity contribution in [2.45, 2.75) is 25.6 Å². The molecule has 1 saturated heterocycles. The molecule has 0 radical (unpaired) electrons. The van der Waals surface area contributed by atoms with Gasteiger partial charge < -0.3 is 10.2 Å². The Balaban J connectivity index is 2.36. The van der Waals surface area contributed by atoms with Crippen molar-refractivity contribution in [3.63, 3.8) is 0 Å².